The van der Waals surface area contributed by atoms with E-state index in [9.17, 15) is 5.11 Å². The molecule has 1 N–H and O–H groups in total. The van der Waals surface area contributed by atoms with E-state index in [0.717, 1.165) is 26.1 Å². The molecule has 1 aliphatic heterocycles. The van der Waals surface area contributed by atoms with Crippen LogP contribution in [0.1, 0.15) is 44.5 Å². The molecule has 0 aromatic carbocycles. The summed E-state index contributed by atoms with van der Waals surface area (Å²) in [7, 11) is 0. The Labute approximate surface area is 136 Å². The van der Waals surface area contributed by atoms with Crippen molar-refractivity contribution in [2.75, 3.05) is 19.6 Å². The minimum absolute atomic E-state index is 0.257. The Balaban J connectivity index is 1.58. The molecule has 126 valence electrons. The second-order valence-electron chi connectivity index (χ2n) is 6.69. The highest BCUT2D eigenvalue weighted by molar-refractivity contribution is 5.12. The van der Waals surface area contributed by atoms with Gasteiger partial charge < -0.3 is 5.11 Å². The van der Waals surface area contributed by atoms with Gasteiger partial charge in [-0.1, -0.05) is 5.21 Å². The van der Waals surface area contributed by atoms with Crippen LogP contribution in [0.3, 0.4) is 0 Å². The average molecular weight is 318 g/mol. The van der Waals surface area contributed by atoms with Gasteiger partial charge in [-0.3, -0.25) is 9.58 Å². The molecule has 1 saturated heterocycles. The maximum atomic E-state index is 10.9. The molecular weight excluding hydrogens is 292 g/mol. The number of hydrogen-bond donors (Lipinski definition) is 1. The SMILES string of the molecule is CCn1cc(CCN2CCC(O)(c3cn(C(C)C)nn3)C2)cn1. The lowest BCUT2D eigenvalue weighted by Crippen LogP contribution is -2.32. The fourth-order valence-corrected chi connectivity index (χ4v) is 3.01. The van der Waals surface area contributed by atoms with Gasteiger partial charge in [-0.15, -0.1) is 5.10 Å². The highest BCUT2D eigenvalue weighted by Crippen LogP contribution is 2.30. The predicted octanol–water partition coefficient (Wildman–Crippen LogP) is 1.21. The van der Waals surface area contributed by atoms with Crippen molar-refractivity contribution in [2.24, 2.45) is 0 Å². The van der Waals surface area contributed by atoms with Crippen LogP contribution in [0.5, 0.6) is 0 Å². The first-order chi connectivity index (χ1) is 11.0. The first kappa shape index (κ1) is 16.1. The average Bonchev–Trinajstić information content (AvgIpc) is 3.25. The summed E-state index contributed by atoms with van der Waals surface area (Å²) in [5.74, 6) is 0. The third kappa shape index (κ3) is 3.45. The van der Waals surface area contributed by atoms with Crippen molar-refractivity contribution in [3.63, 3.8) is 0 Å². The molecule has 0 aliphatic carbocycles. The standard InChI is InChI=1S/C16H26N6O/c1-4-21-10-14(9-17-21)5-7-20-8-6-16(23,12-20)15-11-22(13(2)3)19-18-15/h9-11,13,23H,4-8,12H2,1-3H3. The highest BCUT2D eigenvalue weighted by atomic mass is 16.3. The lowest BCUT2D eigenvalue weighted by atomic mass is 10.00. The molecule has 1 unspecified atom stereocenters. The normalized spacial score (nSPS) is 22.3. The molecule has 2 aromatic rings. The quantitative estimate of drug-likeness (QED) is 0.867. The van der Waals surface area contributed by atoms with Gasteiger partial charge in [-0.05, 0) is 39.2 Å². The molecule has 3 heterocycles. The van der Waals surface area contributed by atoms with Crippen LogP contribution in [-0.4, -0.2) is 54.4 Å². The van der Waals surface area contributed by atoms with Crippen molar-refractivity contribution in [3.8, 4) is 0 Å². The molecule has 7 nitrogen and oxygen atoms in total. The summed E-state index contributed by atoms with van der Waals surface area (Å²) in [4.78, 5) is 2.29. The summed E-state index contributed by atoms with van der Waals surface area (Å²) in [5, 5.41) is 23.5. The van der Waals surface area contributed by atoms with Crippen molar-refractivity contribution in [1.82, 2.24) is 29.7 Å². The van der Waals surface area contributed by atoms with E-state index in [1.54, 1.807) is 4.68 Å². The van der Waals surface area contributed by atoms with Crippen LogP contribution in [0.2, 0.25) is 0 Å². The number of nitrogens with zero attached hydrogens (tertiary/aromatic N) is 6. The number of aryl methyl sites for hydroxylation is 1. The van der Waals surface area contributed by atoms with Crippen LogP contribution in [0.4, 0.5) is 0 Å². The van der Waals surface area contributed by atoms with Gasteiger partial charge in [0.15, 0.2) is 0 Å². The molecular formula is C16H26N6O. The summed E-state index contributed by atoms with van der Waals surface area (Å²) in [6.07, 6.45) is 7.56. The molecule has 0 saturated carbocycles. The number of hydrogen-bond acceptors (Lipinski definition) is 5. The van der Waals surface area contributed by atoms with E-state index in [1.165, 1.54) is 5.56 Å². The zero-order chi connectivity index (χ0) is 16.4. The van der Waals surface area contributed by atoms with Gasteiger partial charge in [-0.2, -0.15) is 5.10 Å². The Bertz CT molecular complexity index is 649. The van der Waals surface area contributed by atoms with E-state index in [1.807, 2.05) is 17.1 Å². The van der Waals surface area contributed by atoms with E-state index >= 15 is 0 Å². The summed E-state index contributed by atoms with van der Waals surface area (Å²) in [5.41, 5.74) is 1.06. The Morgan fingerprint density at radius 2 is 2.17 bits per heavy atom. The maximum Gasteiger partial charge on any atom is 0.124 e. The molecule has 1 atom stereocenters. The zero-order valence-corrected chi connectivity index (χ0v) is 14.2. The van der Waals surface area contributed by atoms with Crippen molar-refractivity contribution >= 4 is 0 Å². The second kappa shape index (κ2) is 6.41. The largest absolute Gasteiger partial charge is 0.382 e. The van der Waals surface area contributed by atoms with Crippen molar-refractivity contribution in [2.45, 2.75) is 51.8 Å². The van der Waals surface area contributed by atoms with Crippen LogP contribution < -0.4 is 0 Å². The van der Waals surface area contributed by atoms with Crippen molar-refractivity contribution in [3.05, 3.63) is 29.8 Å². The van der Waals surface area contributed by atoms with Crippen molar-refractivity contribution < 1.29 is 5.11 Å². The number of β-amino-alcohol motifs (C(OH)–C–C–N with tert-alkyl or cyclic N) is 1. The third-order valence-electron chi connectivity index (χ3n) is 4.57. The van der Waals surface area contributed by atoms with Gasteiger partial charge >= 0.3 is 0 Å². The fourth-order valence-electron chi connectivity index (χ4n) is 3.01. The molecule has 0 spiro atoms. The monoisotopic (exact) mass is 318 g/mol. The van der Waals surface area contributed by atoms with E-state index in [-0.39, 0.29) is 6.04 Å². The number of aromatic nitrogens is 5. The first-order valence-corrected chi connectivity index (χ1v) is 8.38. The topological polar surface area (TPSA) is 72.0 Å². The van der Waals surface area contributed by atoms with Gasteiger partial charge in [0.2, 0.25) is 0 Å². The smallest absolute Gasteiger partial charge is 0.124 e. The van der Waals surface area contributed by atoms with Crippen LogP contribution in [0, 0.1) is 0 Å². The van der Waals surface area contributed by atoms with Crippen molar-refractivity contribution in [1.29, 1.82) is 0 Å². The molecule has 0 bridgehead atoms. The van der Waals surface area contributed by atoms with E-state index in [4.69, 9.17) is 0 Å². The molecule has 0 amide bonds. The molecule has 3 rings (SSSR count). The lowest BCUT2D eigenvalue weighted by molar-refractivity contribution is 0.0418. The minimum Gasteiger partial charge on any atom is -0.382 e. The second-order valence-corrected chi connectivity index (χ2v) is 6.69. The van der Waals surface area contributed by atoms with Crippen LogP contribution in [-0.2, 0) is 18.6 Å². The van der Waals surface area contributed by atoms with Gasteiger partial charge in [0, 0.05) is 38.4 Å². The zero-order valence-electron chi connectivity index (χ0n) is 14.2. The van der Waals surface area contributed by atoms with Gasteiger partial charge in [0.1, 0.15) is 11.3 Å². The number of rotatable bonds is 6. The van der Waals surface area contributed by atoms with Gasteiger partial charge in [-0.25, -0.2) is 4.68 Å². The Hall–Kier alpha value is -1.73. The lowest BCUT2D eigenvalue weighted by Gasteiger charge is -2.21. The van der Waals surface area contributed by atoms with Crippen LogP contribution in [0.25, 0.3) is 0 Å². The third-order valence-corrected chi connectivity index (χ3v) is 4.57. The molecule has 1 aliphatic rings. The fraction of sp³-hybridized carbons (Fsp3) is 0.688. The first-order valence-electron chi connectivity index (χ1n) is 8.38. The Morgan fingerprint density at radius 1 is 1.35 bits per heavy atom. The van der Waals surface area contributed by atoms with E-state index in [2.05, 4.69) is 47.3 Å². The molecule has 2 aromatic heterocycles. The molecule has 23 heavy (non-hydrogen) atoms. The Morgan fingerprint density at radius 3 is 2.83 bits per heavy atom. The highest BCUT2D eigenvalue weighted by Gasteiger charge is 2.39. The number of likely N-dealkylation sites (tertiary alicyclic amines) is 1. The summed E-state index contributed by atoms with van der Waals surface area (Å²) in [6, 6.07) is 0.257. The Kier molecular flexibility index (Phi) is 4.50. The summed E-state index contributed by atoms with van der Waals surface area (Å²) in [6.45, 7) is 9.52. The molecule has 0 radical (unpaired) electrons. The van der Waals surface area contributed by atoms with Gasteiger partial charge in [0.25, 0.3) is 0 Å². The van der Waals surface area contributed by atoms with E-state index in [0.29, 0.717) is 18.7 Å². The molecule has 1 fully saturated rings. The summed E-state index contributed by atoms with van der Waals surface area (Å²) >= 11 is 0. The molecule has 7 heteroatoms. The van der Waals surface area contributed by atoms with E-state index < -0.39 is 5.60 Å². The van der Waals surface area contributed by atoms with Crippen LogP contribution >= 0.6 is 0 Å². The number of aliphatic hydroxyl groups is 1. The predicted molar refractivity (Wildman–Crippen MR) is 87.0 cm³/mol. The van der Waals surface area contributed by atoms with Crippen LogP contribution in [0.15, 0.2) is 18.6 Å². The minimum atomic E-state index is -0.874. The summed E-state index contributed by atoms with van der Waals surface area (Å²) < 4.78 is 3.75. The maximum absolute atomic E-state index is 10.9. The van der Waals surface area contributed by atoms with Gasteiger partial charge in [0.05, 0.1) is 12.4 Å².